The highest BCUT2D eigenvalue weighted by Gasteiger charge is 2.49. The van der Waals surface area contributed by atoms with Crippen molar-refractivity contribution in [1.82, 2.24) is 4.90 Å². The van der Waals surface area contributed by atoms with Crippen LogP contribution in [0.3, 0.4) is 0 Å². The molecule has 112 valence electrons. The van der Waals surface area contributed by atoms with Gasteiger partial charge in [0.25, 0.3) is 0 Å². The number of rotatable bonds is 1. The number of nitrogens with zero attached hydrogens (tertiary/aromatic N) is 1. The molecule has 0 bridgehead atoms. The Morgan fingerprint density at radius 2 is 1.81 bits per heavy atom. The number of benzene rings is 1. The number of carbonyl (C=O) groups excluding carboxylic acids is 1. The quantitative estimate of drug-likeness (QED) is 0.748. The second-order valence-electron chi connectivity index (χ2n) is 7.05. The minimum Gasteiger partial charge on any atom is -0.444 e. The molecule has 1 saturated heterocycles. The lowest BCUT2D eigenvalue weighted by Crippen LogP contribution is -2.60. The van der Waals surface area contributed by atoms with Crippen molar-refractivity contribution in [1.29, 1.82) is 0 Å². The Morgan fingerprint density at radius 1 is 1.24 bits per heavy atom. The van der Waals surface area contributed by atoms with E-state index in [1.165, 1.54) is 11.1 Å². The second kappa shape index (κ2) is 4.87. The number of hydrogen-bond acceptors (Lipinski definition) is 2. The largest absolute Gasteiger partial charge is 0.444 e. The van der Waals surface area contributed by atoms with Crippen LogP contribution in [0.1, 0.15) is 32.8 Å². The maximum atomic E-state index is 11.9. The van der Waals surface area contributed by atoms with Gasteiger partial charge in [0.1, 0.15) is 5.60 Å². The highest BCUT2D eigenvalue weighted by molar-refractivity contribution is 9.10. The van der Waals surface area contributed by atoms with Gasteiger partial charge in [-0.05, 0) is 50.5 Å². The lowest BCUT2D eigenvalue weighted by Gasteiger charge is -2.53. The molecule has 21 heavy (non-hydrogen) atoms. The third-order valence-corrected chi connectivity index (χ3v) is 4.43. The molecule has 1 spiro atoms. The smallest absolute Gasteiger partial charge is 0.410 e. The molecule has 1 aromatic rings. The first-order valence-electron chi connectivity index (χ1n) is 7.22. The third-order valence-electron chi connectivity index (χ3n) is 3.90. The Labute approximate surface area is 134 Å². The van der Waals surface area contributed by atoms with E-state index in [4.69, 9.17) is 4.74 Å². The van der Waals surface area contributed by atoms with Gasteiger partial charge in [0.05, 0.1) is 0 Å². The Kier molecular flexibility index (Phi) is 3.40. The van der Waals surface area contributed by atoms with Crippen molar-refractivity contribution in [3.05, 3.63) is 40.4 Å². The third kappa shape index (κ3) is 3.00. The second-order valence-corrected chi connectivity index (χ2v) is 7.97. The Bertz CT molecular complexity index is 592. The van der Waals surface area contributed by atoms with Crippen molar-refractivity contribution in [3.8, 4) is 0 Å². The molecule has 1 aromatic carbocycles. The molecule has 2 aliphatic rings. The van der Waals surface area contributed by atoms with Crippen molar-refractivity contribution in [2.75, 3.05) is 13.1 Å². The van der Waals surface area contributed by atoms with Gasteiger partial charge in [0.15, 0.2) is 0 Å². The van der Waals surface area contributed by atoms with E-state index in [0.29, 0.717) is 0 Å². The van der Waals surface area contributed by atoms with E-state index in [0.717, 1.165) is 24.0 Å². The zero-order valence-corrected chi connectivity index (χ0v) is 14.2. The van der Waals surface area contributed by atoms with Crippen molar-refractivity contribution in [3.63, 3.8) is 0 Å². The highest BCUT2D eigenvalue weighted by Crippen LogP contribution is 2.50. The number of likely N-dealkylation sites (tertiary alicyclic amines) is 1. The van der Waals surface area contributed by atoms with Crippen LogP contribution in [0.5, 0.6) is 0 Å². The first-order valence-corrected chi connectivity index (χ1v) is 8.01. The van der Waals surface area contributed by atoms with Gasteiger partial charge in [-0.15, -0.1) is 0 Å². The van der Waals surface area contributed by atoms with Gasteiger partial charge in [-0.1, -0.05) is 34.1 Å². The first kappa shape index (κ1) is 14.6. The molecule has 1 aliphatic heterocycles. The Hall–Kier alpha value is -1.29. The minimum absolute atomic E-state index is 0.194. The van der Waals surface area contributed by atoms with Gasteiger partial charge in [-0.2, -0.15) is 0 Å². The molecule has 1 fully saturated rings. The number of halogens is 1. The molecule has 0 aromatic heterocycles. The van der Waals surface area contributed by atoms with E-state index in [1.54, 1.807) is 4.90 Å². The lowest BCUT2D eigenvalue weighted by molar-refractivity contribution is -0.0207. The van der Waals surface area contributed by atoms with Gasteiger partial charge < -0.3 is 9.64 Å². The molecule has 3 nitrogen and oxygen atoms in total. The van der Waals surface area contributed by atoms with E-state index < -0.39 is 5.60 Å². The van der Waals surface area contributed by atoms with Gasteiger partial charge in [0.2, 0.25) is 0 Å². The fraction of sp³-hybridized carbons (Fsp3) is 0.471. The molecule has 0 saturated carbocycles. The minimum atomic E-state index is -0.419. The number of amides is 1. The molecule has 3 rings (SSSR count). The summed E-state index contributed by atoms with van der Waals surface area (Å²) in [6.07, 6.45) is 3.17. The zero-order valence-electron chi connectivity index (χ0n) is 12.6. The van der Waals surface area contributed by atoms with E-state index in [9.17, 15) is 4.79 Å². The summed E-state index contributed by atoms with van der Waals surface area (Å²) in [7, 11) is 0. The van der Waals surface area contributed by atoms with Gasteiger partial charge in [-0.25, -0.2) is 4.79 Å². The van der Waals surface area contributed by atoms with Crippen LogP contribution in [0, 0.1) is 5.41 Å². The molecule has 1 aliphatic carbocycles. The normalized spacial score (nSPS) is 19.6. The maximum Gasteiger partial charge on any atom is 0.410 e. The zero-order chi connectivity index (χ0) is 15.3. The van der Waals surface area contributed by atoms with Crippen LogP contribution in [0.15, 0.2) is 34.8 Å². The lowest BCUT2D eigenvalue weighted by atomic mass is 9.64. The van der Waals surface area contributed by atoms with Crippen molar-refractivity contribution < 1.29 is 9.53 Å². The van der Waals surface area contributed by atoms with Gasteiger partial charge >= 0.3 is 6.09 Å². The summed E-state index contributed by atoms with van der Waals surface area (Å²) in [5.41, 5.74) is 2.43. The average Bonchev–Trinajstić information content (AvgIpc) is 2.25. The van der Waals surface area contributed by atoms with Crippen LogP contribution in [0.4, 0.5) is 4.79 Å². The number of carbonyl (C=O) groups is 1. The molecular weight excluding hydrogens is 330 g/mol. The highest BCUT2D eigenvalue weighted by atomic mass is 79.9. The molecule has 4 heteroatoms. The summed E-state index contributed by atoms with van der Waals surface area (Å²) < 4.78 is 6.49. The Morgan fingerprint density at radius 3 is 2.33 bits per heavy atom. The summed E-state index contributed by atoms with van der Waals surface area (Å²) >= 11 is 3.45. The monoisotopic (exact) mass is 349 g/mol. The van der Waals surface area contributed by atoms with Crippen LogP contribution in [0.2, 0.25) is 0 Å². The summed E-state index contributed by atoms with van der Waals surface area (Å²) in [5.74, 6) is 0. The molecule has 0 atom stereocenters. The number of allylic oxidation sites excluding steroid dienone is 1. The molecule has 1 heterocycles. The number of ether oxygens (including phenoxy) is 1. The fourth-order valence-electron chi connectivity index (χ4n) is 2.94. The van der Waals surface area contributed by atoms with Crippen LogP contribution in [0.25, 0.3) is 5.57 Å². The summed E-state index contributed by atoms with van der Waals surface area (Å²) in [6, 6.07) is 8.39. The van der Waals surface area contributed by atoms with Gasteiger partial charge in [0, 0.05) is 23.0 Å². The topological polar surface area (TPSA) is 29.5 Å². The van der Waals surface area contributed by atoms with Crippen molar-refractivity contribution in [2.24, 2.45) is 5.41 Å². The molecule has 0 N–H and O–H groups in total. The fourth-order valence-corrected chi connectivity index (χ4v) is 3.21. The van der Waals surface area contributed by atoms with Crippen LogP contribution >= 0.6 is 15.9 Å². The Balaban J connectivity index is 1.58. The standard InChI is InChI=1S/C17H20BrNO2/c1-16(2,3)21-15(20)19-10-17(11-19)8-13(9-17)12-4-6-14(18)7-5-12/h4-8H,9-11H2,1-3H3. The molecule has 0 unspecified atom stereocenters. The van der Waals surface area contributed by atoms with Crippen molar-refractivity contribution >= 4 is 27.6 Å². The van der Waals surface area contributed by atoms with E-state index in [-0.39, 0.29) is 11.5 Å². The van der Waals surface area contributed by atoms with Gasteiger partial charge in [-0.3, -0.25) is 0 Å². The predicted molar refractivity (Wildman–Crippen MR) is 87.0 cm³/mol. The predicted octanol–water partition coefficient (Wildman–Crippen LogP) is 4.47. The van der Waals surface area contributed by atoms with Crippen LogP contribution in [-0.2, 0) is 4.74 Å². The SMILES string of the molecule is CC(C)(C)OC(=O)N1CC2(C=C(c3ccc(Br)cc3)C2)C1. The molecule has 1 amide bonds. The van der Waals surface area contributed by atoms with E-state index >= 15 is 0 Å². The number of hydrogen-bond donors (Lipinski definition) is 0. The summed E-state index contributed by atoms with van der Waals surface area (Å²) in [6.45, 7) is 7.25. The summed E-state index contributed by atoms with van der Waals surface area (Å²) in [4.78, 5) is 13.7. The van der Waals surface area contributed by atoms with Crippen LogP contribution in [-0.4, -0.2) is 29.7 Å². The van der Waals surface area contributed by atoms with Crippen molar-refractivity contribution in [2.45, 2.75) is 32.8 Å². The van der Waals surface area contributed by atoms with Crippen LogP contribution < -0.4 is 0 Å². The maximum absolute atomic E-state index is 11.9. The molecule has 0 radical (unpaired) electrons. The first-order chi connectivity index (χ1) is 9.76. The molecular formula is C17H20BrNO2. The summed E-state index contributed by atoms with van der Waals surface area (Å²) in [5, 5.41) is 0. The van der Waals surface area contributed by atoms with E-state index in [2.05, 4.69) is 46.3 Å². The van der Waals surface area contributed by atoms with E-state index in [1.807, 2.05) is 20.8 Å². The average molecular weight is 350 g/mol.